The summed E-state index contributed by atoms with van der Waals surface area (Å²) < 4.78 is 11.8. The van der Waals surface area contributed by atoms with Crippen LogP contribution in [0.25, 0.3) is 0 Å². The first-order valence-corrected chi connectivity index (χ1v) is 13.3. The largest absolute Gasteiger partial charge is 0.444 e. The molecule has 0 spiro atoms. The van der Waals surface area contributed by atoms with Gasteiger partial charge in [0.25, 0.3) is 0 Å². The van der Waals surface area contributed by atoms with Crippen molar-refractivity contribution in [3.05, 3.63) is 108 Å². The summed E-state index contributed by atoms with van der Waals surface area (Å²) in [7, 11) is 0. The van der Waals surface area contributed by atoms with E-state index in [4.69, 9.17) is 9.47 Å². The van der Waals surface area contributed by atoms with Crippen molar-refractivity contribution in [1.82, 2.24) is 10.2 Å². The van der Waals surface area contributed by atoms with Crippen molar-refractivity contribution in [2.75, 3.05) is 13.2 Å². The van der Waals surface area contributed by atoms with E-state index in [0.717, 1.165) is 25.9 Å². The van der Waals surface area contributed by atoms with Gasteiger partial charge in [-0.05, 0) is 56.2 Å². The lowest BCUT2D eigenvalue weighted by Crippen LogP contribution is -2.42. The van der Waals surface area contributed by atoms with Gasteiger partial charge in [0.05, 0.1) is 13.2 Å². The van der Waals surface area contributed by atoms with Gasteiger partial charge in [-0.3, -0.25) is 4.90 Å². The van der Waals surface area contributed by atoms with Crippen LogP contribution in [0.2, 0.25) is 0 Å². The van der Waals surface area contributed by atoms with E-state index in [1.807, 2.05) is 39.0 Å². The number of carbonyl (C=O) groups is 1. The molecule has 0 aliphatic heterocycles. The highest BCUT2D eigenvalue weighted by Crippen LogP contribution is 2.52. The minimum absolute atomic E-state index is 0.0872. The number of nitrogens with zero attached hydrogens (tertiary/aromatic N) is 1. The molecule has 1 N–H and O–H groups in total. The van der Waals surface area contributed by atoms with Gasteiger partial charge in [-0.1, -0.05) is 91.0 Å². The van der Waals surface area contributed by atoms with Crippen LogP contribution in [-0.4, -0.2) is 35.3 Å². The van der Waals surface area contributed by atoms with Gasteiger partial charge < -0.3 is 14.8 Å². The number of hydrogen-bond acceptors (Lipinski definition) is 4. The maximum atomic E-state index is 12.2. The van der Waals surface area contributed by atoms with E-state index in [0.29, 0.717) is 25.7 Å². The van der Waals surface area contributed by atoms with Crippen LogP contribution in [0.4, 0.5) is 4.79 Å². The van der Waals surface area contributed by atoms with E-state index in [9.17, 15) is 4.79 Å². The predicted molar refractivity (Wildman–Crippen MR) is 148 cm³/mol. The standard InChI is InChI=1S/C32H40N2O3/c1-31(2,3)37-30(35)33-20-19-29-21-32(29,25-36-24-28-17-11-6-12-18-28)34(22-26-13-7-4-8-14-26)23-27-15-9-5-10-16-27/h4-18,29H,19-25H2,1-3H3,(H,33,35)/t29-,32+/m1/s1. The van der Waals surface area contributed by atoms with Crippen LogP contribution in [0.3, 0.4) is 0 Å². The van der Waals surface area contributed by atoms with Gasteiger partial charge in [-0.15, -0.1) is 0 Å². The van der Waals surface area contributed by atoms with Gasteiger partial charge in [0, 0.05) is 25.2 Å². The number of ether oxygens (including phenoxy) is 2. The van der Waals surface area contributed by atoms with E-state index in [1.54, 1.807) is 0 Å². The Kier molecular flexibility index (Phi) is 9.01. The molecule has 0 bridgehead atoms. The Morgan fingerprint density at radius 1 is 0.865 bits per heavy atom. The summed E-state index contributed by atoms with van der Waals surface area (Å²) in [6, 6.07) is 31.6. The molecule has 0 radical (unpaired) electrons. The topological polar surface area (TPSA) is 50.8 Å². The van der Waals surface area contributed by atoms with E-state index in [2.05, 4.69) is 83.0 Å². The molecule has 0 aromatic heterocycles. The molecule has 1 saturated carbocycles. The smallest absolute Gasteiger partial charge is 0.407 e. The maximum Gasteiger partial charge on any atom is 0.407 e. The second-order valence-electron chi connectivity index (χ2n) is 11.0. The summed E-state index contributed by atoms with van der Waals surface area (Å²) in [5.41, 5.74) is 3.17. The summed E-state index contributed by atoms with van der Waals surface area (Å²) in [6.07, 6.45) is 1.57. The van der Waals surface area contributed by atoms with Gasteiger partial charge in [0.2, 0.25) is 0 Å². The number of hydrogen-bond donors (Lipinski definition) is 1. The van der Waals surface area contributed by atoms with Crippen LogP contribution in [0.5, 0.6) is 0 Å². The van der Waals surface area contributed by atoms with Crippen LogP contribution in [0.15, 0.2) is 91.0 Å². The van der Waals surface area contributed by atoms with E-state index >= 15 is 0 Å². The average molecular weight is 501 g/mol. The van der Waals surface area contributed by atoms with Crippen LogP contribution in [-0.2, 0) is 29.2 Å². The Hall–Kier alpha value is -3.15. The molecule has 3 aromatic carbocycles. The SMILES string of the molecule is CC(C)(C)OC(=O)NCC[C@@H]1C[C@@]1(COCc1ccccc1)N(Cc1ccccc1)Cc1ccccc1. The zero-order valence-corrected chi connectivity index (χ0v) is 22.4. The molecule has 4 rings (SSSR count). The summed E-state index contributed by atoms with van der Waals surface area (Å²) >= 11 is 0. The van der Waals surface area contributed by atoms with Crippen molar-refractivity contribution in [3.63, 3.8) is 0 Å². The molecule has 0 saturated heterocycles. The van der Waals surface area contributed by atoms with Gasteiger partial charge in [0.15, 0.2) is 0 Å². The normalized spacial score (nSPS) is 19.0. The minimum Gasteiger partial charge on any atom is -0.444 e. The van der Waals surface area contributed by atoms with Crippen molar-refractivity contribution < 1.29 is 14.3 Å². The molecule has 3 aromatic rings. The maximum absolute atomic E-state index is 12.2. The second kappa shape index (κ2) is 12.4. The summed E-state index contributed by atoms with van der Waals surface area (Å²) in [5.74, 6) is 0.422. The molecule has 1 aliphatic rings. The lowest BCUT2D eigenvalue weighted by atomic mass is 10.1. The second-order valence-corrected chi connectivity index (χ2v) is 11.0. The lowest BCUT2D eigenvalue weighted by molar-refractivity contribution is 0.0207. The Labute approximate surface area is 221 Å². The van der Waals surface area contributed by atoms with Crippen molar-refractivity contribution in [3.8, 4) is 0 Å². The van der Waals surface area contributed by atoms with Crippen molar-refractivity contribution in [2.24, 2.45) is 5.92 Å². The molecule has 2 atom stereocenters. The molecule has 1 fully saturated rings. The number of carbonyl (C=O) groups excluding carboxylic acids is 1. The van der Waals surface area contributed by atoms with Crippen molar-refractivity contribution >= 4 is 6.09 Å². The highest BCUT2D eigenvalue weighted by atomic mass is 16.6. The average Bonchev–Trinajstić information content (AvgIpc) is 3.58. The first kappa shape index (κ1) is 26.9. The first-order valence-electron chi connectivity index (χ1n) is 13.3. The number of benzene rings is 3. The highest BCUT2D eigenvalue weighted by Gasteiger charge is 2.57. The molecule has 37 heavy (non-hydrogen) atoms. The fraction of sp³-hybridized carbons (Fsp3) is 0.406. The van der Waals surface area contributed by atoms with Crippen molar-refractivity contribution in [2.45, 2.75) is 64.4 Å². The first-order chi connectivity index (χ1) is 17.8. The molecule has 1 aliphatic carbocycles. The van der Waals surface area contributed by atoms with E-state index in [-0.39, 0.29) is 11.6 Å². The number of nitrogens with one attached hydrogen (secondary N) is 1. The Morgan fingerprint density at radius 3 is 1.89 bits per heavy atom. The number of alkyl carbamates (subject to hydrolysis) is 1. The highest BCUT2D eigenvalue weighted by molar-refractivity contribution is 5.67. The molecule has 0 heterocycles. The minimum atomic E-state index is -0.499. The molecule has 1 amide bonds. The van der Waals surface area contributed by atoms with Crippen LogP contribution < -0.4 is 5.32 Å². The lowest BCUT2D eigenvalue weighted by Gasteiger charge is -2.34. The van der Waals surface area contributed by atoms with Gasteiger partial charge in [-0.2, -0.15) is 0 Å². The third kappa shape index (κ3) is 8.17. The van der Waals surface area contributed by atoms with E-state index < -0.39 is 5.60 Å². The Bertz CT molecular complexity index is 1060. The molecule has 0 unspecified atom stereocenters. The van der Waals surface area contributed by atoms with Crippen LogP contribution in [0, 0.1) is 5.92 Å². The van der Waals surface area contributed by atoms with Crippen LogP contribution in [0.1, 0.15) is 50.3 Å². The fourth-order valence-corrected chi connectivity index (χ4v) is 4.95. The van der Waals surface area contributed by atoms with E-state index in [1.165, 1.54) is 16.7 Å². The Morgan fingerprint density at radius 2 is 1.38 bits per heavy atom. The summed E-state index contributed by atoms with van der Waals surface area (Å²) in [4.78, 5) is 14.8. The molecular weight excluding hydrogens is 460 g/mol. The van der Waals surface area contributed by atoms with Crippen LogP contribution >= 0.6 is 0 Å². The summed E-state index contributed by atoms with van der Waals surface area (Å²) in [5, 5.41) is 2.95. The summed E-state index contributed by atoms with van der Waals surface area (Å²) in [6.45, 7) is 9.18. The monoisotopic (exact) mass is 500 g/mol. The van der Waals surface area contributed by atoms with Gasteiger partial charge in [-0.25, -0.2) is 4.79 Å². The quantitative estimate of drug-likeness (QED) is 0.305. The fourth-order valence-electron chi connectivity index (χ4n) is 4.95. The zero-order chi connectivity index (χ0) is 26.1. The third-order valence-corrected chi connectivity index (χ3v) is 6.89. The number of rotatable bonds is 12. The third-order valence-electron chi connectivity index (χ3n) is 6.89. The Balaban J connectivity index is 1.48. The van der Waals surface area contributed by atoms with Gasteiger partial charge in [0.1, 0.15) is 5.60 Å². The molecular formula is C32H40N2O3. The molecule has 196 valence electrons. The predicted octanol–water partition coefficient (Wildman–Crippen LogP) is 6.58. The van der Waals surface area contributed by atoms with Gasteiger partial charge >= 0.3 is 6.09 Å². The number of amides is 1. The molecule has 5 nitrogen and oxygen atoms in total. The zero-order valence-electron chi connectivity index (χ0n) is 22.4. The van der Waals surface area contributed by atoms with Crippen molar-refractivity contribution in [1.29, 1.82) is 0 Å². The molecule has 5 heteroatoms.